The molecule has 116 valence electrons. The van der Waals surface area contributed by atoms with Gasteiger partial charge in [0.25, 0.3) is 0 Å². The third kappa shape index (κ3) is 2.24. The van der Waals surface area contributed by atoms with E-state index in [0.29, 0.717) is 12.1 Å². The molecule has 3 aliphatic heterocycles. The lowest BCUT2D eigenvalue weighted by Gasteiger charge is -2.50. The SMILES string of the molecule is COc1cccc(-c2ccn([C@@H]3C4CCN(CC4)[C@H]3C)c2)c1. The van der Waals surface area contributed by atoms with Crippen molar-refractivity contribution in [3.05, 3.63) is 42.7 Å². The molecule has 4 heterocycles. The first kappa shape index (κ1) is 13.9. The smallest absolute Gasteiger partial charge is 0.119 e. The van der Waals surface area contributed by atoms with Crippen molar-refractivity contribution in [3.8, 4) is 16.9 Å². The van der Waals surface area contributed by atoms with E-state index in [4.69, 9.17) is 4.74 Å². The molecule has 22 heavy (non-hydrogen) atoms. The van der Waals surface area contributed by atoms with Crippen LogP contribution in [0.5, 0.6) is 5.75 Å². The molecular formula is C19H24N2O. The molecule has 1 aromatic carbocycles. The Kier molecular flexibility index (Phi) is 3.45. The Hall–Kier alpha value is -1.74. The first-order valence-electron chi connectivity index (χ1n) is 8.32. The molecule has 0 saturated carbocycles. The summed E-state index contributed by atoms with van der Waals surface area (Å²) < 4.78 is 7.80. The summed E-state index contributed by atoms with van der Waals surface area (Å²) in [7, 11) is 1.72. The number of ether oxygens (including phenoxy) is 1. The second-order valence-electron chi connectivity index (χ2n) is 6.68. The van der Waals surface area contributed by atoms with Crippen molar-refractivity contribution >= 4 is 0 Å². The second-order valence-corrected chi connectivity index (χ2v) is 6.68. The van der Waals surface area contributed by atoms with Gasteiger partial charge in [0.1, 0.15) is 5.75 Å². The van der Waals surface area contributed by atoms with Crippen molar-refractivity contribution in [3.63, 3.8) is 0 Å². The topological polar surface area (TPSA) is 17.4 Å². The minimum Gasteiger partial charge on any atom is -0.497 e. The molecule has 2 aromatic rings. The van der Waals surface area contributed by atoms with Crippen LogP contribution in [0.25, 0.3) is 11.1 Å². The number of aromatic nitrogens is 1. The van der Waals surface area contributed by atoms with Crippen molar-refractivity contribution in [1.82, 2.24) is 9.47 Å². The zero-order valence-electron chi connectivity index (χ0n) is 13.4. The molecule has 0 aliphatic carbocycles. The molecule has 0 unspecified atom stereocenters. The van der Waals surface area contributed by atoms with E-state index >= 15 is 0 Å². The number of piperidine rings is 3. The lowest BCUT2D eigenvalue weighted by Crippen LogP contribution is -2.53. The first-order chi connectivity index (χ1) is 10.8. The van der Waals surface area contributed by atoms with Crippen molar-refractivity contribution in [2.75, 3.05) is 20.2 Å². The Labute approximate surface area is 132 Å². The van der Waals surface area contributed by atoms with E-state index < -0.39 is 0 Å². The van der Waals surface area contributed by atoms with E-state index in [1.807, 2.05) is 6.07 Å². The molecule has 0 amide bonds. The van der Waals surface area contributed by atoms with Crippen molar-refractivity contribution in [1.29, 1.82) is 0 Å². The molecule has 2 bridgehead atoms. The number of rotatable bonds is 3. The van der Waals surface area contributed by atoms with Gasteiger partial charge in [0, 0.05) is 18.4 Å². The molecule has 3 saturated heterocycles. The Balaban J connectivity index is 1.64. The largest absolute Gasteiger partial charge is 0.497 e. The maximum Gasteiger partial charge on any atom is 0.119 e. The monoisotopic (exact) mass is 296 g/mol. The van der Waals surface area contributed by atoms with Crippen molar-refractivity contribution in [2.45, 2.75) is 31.8 Å². The zero-order chi connectivity index (χ0) is 15.1. The van der Waals surface area contributed by atoms with Gasteiger partial charge in [0.2, 0.25) is 0 Å². The highest BCUT2D eigenvalue weighted by molar-refractivity contribution is 5.64. The quantitative estimate of drug-likeness (QED) is 0.856. The summed E-state index contributed by atoms with van der Waals surface area (Å²) >= 11 is 0. The average Bonchev–Trinajstić information content (AvgIpc) is 3.05. The van der Waals surface area contributed by atoms with Gasteiger partial charge in [0.05, 0.1) is 13.2 Å². The van der Waals surface area contributed by atoms with Crippen LogP contribution in [-0.2, 0) is 0 Å². The van der Waals surface area contributed by atoms with E-state index in [1.54, 1.807) is 7.11 Å². The predicted molar refractivity (Wildman–Crippen MR) is 89.2 cm³/mol. The van der Waals surface area contributed by atoms with Gasteiger partial charge in [-0.3, -0.25) is 4.90 Å². The van der Waals surface area contributed by atoms with E-state index in [9.17, 15) is 0 Å². The summed E-state index contributed by atoms with van der Waals surface area (Å²) in [6.45, 7) is 4.96. The Bertz CT molecular complexity index is 653. The fourth-order valence-corrected chi connectivity index (χ4v) is 4.34. The number of nitrogens with zero attached hydrogens (tertiary/aromatic N) is 2. The number of methoxy groups -OCH3 is 1. The summed E-state index contributed by atoms with van der Waals surface area (Å²) in [5.41, 5.74) is 2.51. The highest BCUT2D eigenvalue weighted by Crippen LogP contribution is 2.41. The molecular weight excluding hydrogens is 272 g/mol. The normalized spacial score (nSPS) is 30.5. The molecule has 0 N–H and O–H groups in total. The summed E-state index contributed by atoms with van der Waals surface area (Å²) in [6.07, 6.45) is 7.28. The minimum atomic E-state index is 0.627. The summed E-state index contributed by atoms with van der Waals surface area (Å²) in [5.74, 6) is 1.76. The standard InChI is InChI=1S/C19H24N2O/c1-14-19(15-6-9-20(14)10-7-15)21-11-8-17(13-21)16-4-3-5-18(12-16)22-2/h3-5,8,11-15,19H,6-7,9-10H2,1-2H3/t14-,19-/m0/s1. The Morgan fingerprint density at radius 3 is 2.64 bits per heavy atom. The number of hydrogen-bond acceptors (Lipinski definition) is 2. The molecule has 3 fully saturated rings. The van der Waals surface area contributed by atoms with Crippen LogP contribution in [0.2, 0.25) is 0 Å². The highest BCUT2D eigenvalue weighted by Gasteiger charge is 2.40. The highest BCUT2D eigenvalue weighted by atomic mass is 16.5. The number of hydrogen-bond donors (Lipinski definition) is 0. The second kappa shape index (κ2) is 5.47. The van der Waals surface area contributed by atoms with E-state index in [1.165, 1.54) is 37.1 Å². The fraction of sp³-hybridized carbons (Fsp3) is 0.474. The summed E-state index contributed by atoms with van der Waals surface area (Å²) in [5, 5.41) is 0. The molecule has 5 rings (SSSR count). The number of fused-ring (bicyclic) bond motifs is 3. The van der Waals surface area contributed by atoms with Crippen LogP contribution >= 0.6 is 0 Å². The van der Waals surface area contributed by atoms with Crippen LogP contribution in [0, 0.1) is 5.92 Å². The molecule has 2 atom stereocenters. The van der Waals surface area contributed by atoms with E-state index in [2.05, 4.69) is 53.0 Å². The summed E-state index contributed by atoms with van der Waals surface area (Å²) in [6, 6.07) is 11.8. The van der Waals surface area contributed by atoms with Gasteiger partial charge in [0.15, 0.2) is 0 Å². The maximum atomic E-state index is 5.34. The minimum absolute atomic E-state index is 0.627. The van der Waals surface area contributed by atoms with Gasteiger partial charge in [-0.1, -0.05) is 12.1 Å². The van der Waals surface area contributed by atoms with Crippen LogP contribution in [-0.4, -0.2) is 35.7 Å². The van der Waals surface area contributed by atoms with Gasteiger partial charge < -0.3 is 9.30 Å². The molecule has 1 aromatic heterocycles. The van der Waals surface area contributed by atoms with Crippen LogP contribution in [0.4, 0.5) is 0 Å². The van der Waals surface area contributed by atoms with Crippen LogP contribution in [0.3, 0.4) is 0 Å². The molecule has 0 spiro atoms. The van der Waals surface area contributed by atoms with Crippen LogP contribution in [0.1, 0.15) is 25.8 Å². The molecule has 0 radical (unpaired) electrons. The van der Waals surface area contributed by atoms with Crippen LogP contribution in [0.15, 0.2) is 42.7 Å². The Morgan fingerprint density at radius 2 is 1.91 bits per heavy atom. The Morgan fingerprint density at radius 1 is 1.09 bits per heavy atom. The van der Waals surface area contributed by atoms with Crippen LogP contribution < -0.4 is 4.74 Å². The average molecular weight is 296 g/mol. The lowest BCUT2D eigenvalue weighted by atomic mass is 9.79. The zero-order valence-corrected chi connectivity index (χ0v) is 13.4. The molecule has 3 heteroatoms. The molecule has 3 nitrogen and oxygen atoms in total. The number of benzene rings is 1. The van der Waals surface area contributed by atoms with Gasteiger partial charge in [-0.2, -0.15) is 0 Å². The molecule has 3 aliphatic rings. The fourth-order valence-electron chi connectivity index (χ4n) is 4.34. The van der Waals surface area contributed by atoms with E-state index in [-0.39, 0.29) is 0 Å². The van der Waals surface area contributed by atoms with Gasteiger partial charge in [-0.15, -0.1) is 0 Å². The van der Waals surface area contributed by atoms with E-state index in [0.717, 1.165) is 11.7 Å². The van der Waals surface area contributed by atoms with Gasteiger partial charge >= 0.3 is 0 Å². The predicted octanol–water partition coefficient (Wildman–Crippen LogP) is 3.82. The van der Waals surface area contributed by atoms with Crippen molar-refractivity contribution < 1.29 is 4.74 Å². The first-order valence-corrected chi connectivity index (χ1v) is 8.32. The third-order valence-electron chi connectivity index (χ3n) is 5.59. The van der Waals surface area contributed by atoms with Gasteiger partial charge in [-0.25, -0.2) is 0 Å². The third-order valence-corrected chi connectivity index (χ3v) is 5.59. The maximum absolute atomic E-state index is 5.34. The van der Waals surface area contributed by atoms with Crippen molar-refractivity contribution in [2.24, 2.45) is 5.92 Å². The summed E-state index contributed by atoms with van der Waals surface area (Å²) in [4.78, 5) is 2.65. The lowest BCUT2D eigenvalue weighted by molar-refractivity contribution is 0.00627. The van der Waals surface area contributed by atoms with Gasteiger partial charge in [-0.05, 0) is 68.1 Å².